The van der Waals surface area contributed by atoms with Crippen molar-refractivity contribution in [3.63, 3.8) is 0 Å². The molecule has 0 spiro atoms. The predicted molar refractivity (Wildman–Crippen MR) is 78.6 cm³/mol. The smallest absolute Gasteiger partial charge is 0.326 e. The number of aromatic nitrogens is 2. The van der Waals surface area contributed by atoms with Gasteiger partial charge in [0.05, 0.1) is 0 Å². The summed E-state index contributed by atoms with van der Waals surface area (Å²) in [6.07, 6.45) is 7.04. The third-order valence-electron chi connectivity index (χ3n) is 4.57. The molecule has 2 heterocycles. The molecule has 1 unspecified atom stereocenters. The largest absolute Gasteiger partial charge is 0.480 e. The van der Waals surface area contributed by atoms with Crippen LogP contribution in [0.4, 0.5) is 5.82 Å². The number of nitrogens with zero attached hydrogens (tertiary/aromatic N) is 3. The standard InChI is InChI=1S/C15H21N3O3/c1-15(2)6-3-8-18(11(15)14(20)21)12-13(19)17(9-7-16-12)10-4-5-10/h7,9-11H,3-6,8H2,1-2H3,(H,20,21). The lowest BCUT2D eigenvalue weighted by atomic mass is 9.76. The Kier molecular flexibility index (Phi) is 3.26. The van der Waals surface area contributed by atoms with E-state index in [1.165, 1.54) is 0 Å². The lowest BCUT2D eigenvalue weighted by Crippen LogP contribution is -2.56. The lowest BCUT2D eigenvalue weighted by Gasteiger charge is -2.44. The first-order valence-corrected chi connectivity index (χ1v) is 7.48. The molecule has 21 heavy (non-hydrogen) atoms. The summed E-state index contributed by atoms with van der Waals surface area (Å²) in [6, 6.07) is -0.443. The molecule has 1 aliphatic heterocycles. The molecule has 0 radical (unpaired) electrons. The minimum atomic E-state index is -0.886. The maximum Gasteiger partial charge on any atom is 0.326 e. The second kappa shape index (κ2) is 4.86. The van der Waals surface area contributed by atoms with E-state index in [2.05, 4.69) is 4.98 Å². The van der Waals surface area contributed by atoms with Crippen molar-refractivity contribution in [2.45, 2.75) is 51.6 Å². The number of hydrogen-bond donors (Lipinski definition) is 1. The maximum atomic E-state index is 12.6. The monoisotopic (exact) mass is 291 g/mol. The number of carboxylic acid groups (broad SMARTS) is 1. The van der Waals surface area contributed by atoms with E-state index in [1.807, 2.05) is 13.8 Å². The summed E-state index contributed by atoms with van der Waals surface area (Å²) in [5.74, 6) is -0.604. The molecule has 6 nitrogen and oxygen atoms in total. The number of aliphatic carboxylic acids is 1. The summed E-state index contributed by atoms with van der Waals surface area (Å²) < 4.78 is 1.70. The van der Waals surface area contributed by atoms with Crippen LogP contribution in [0.25, 0.3) is 0 Å². The number of carboxylic acids is 1. The Labute approximate surface area is 123 Å². The molecular formula is C15H21N3O3. The Bertz CT molecular complexity index is 619. The molecule has 2 fully saturated rings. The fourth-order valence-corrected chi connectivity index (χ4v) is 3.34. The lowest BCUT2D eigenvalue weighted by molar-refractivity contribution is -0.142. The van der Waals surface area contributed by atoms with Crippen LogP contribution in [-0.4, -0.2) is 33.2 Å². The van der Waals surface area contributed by atoms with E-state index >= 15 is 0 Å². The predicted octanol–water partition coefficient (Wildman–Crippen LogP) is 1.66. The van der Waals surface area contributed by atoms with Gasteiger partial charge in [-0.3, -0.25) is 4.79 Å². The van der Waals surface area contributed by atoms with Crippen molar-refractivity contribution in [3.05, 3.63) is 22.7 Å². The number of rotatable bonds is 3. The minimum absolute atomic E-state index is 0.163. The van der Waals surface area contributed by atoms with Gasteiger partial charge in [-0.15, -0.1) is 0 Å². The quantitative estimate of drug-likeness (QED) is 0.916. The van der Waals surface area contributed by atoms with Gasteiger partial charge < -0.3 is 14.6 Å². The molecule has 1 atom stereocenters. The van der Waals surface area contributed by atoms with Gasteiger partial charge in [-0.05, 0) is 31.1 Å². The molecule has 3 rings (SSSR count). The van der Waals surface area contributed by atoms with Gasteiger partial charge >= 0.3 is 5.97 Å². The van der Waals surface area contributed by atoms with Crippen molar-refractivity contribution in [2.24, 2.45) is 5.41 Å². The number of anilines is 1. The molecule has 1 aliphatic carbocycles. The number of piperidine rings is 1. The van der Waals surface area contributed by atoms with Gasteiger partial charge in [-0.2, -0.15) is 0 Å². The van der Waals surface area contributed by atoms with Gasteiger partial charge in [0.2, 0.25) is 0 Å². The Hall–Kier alpha value is -1.85. The second-order valence-corrected chi connectivity index (χ2v) is 6.72. The molecule has 6 heteroatoms. The first-order valence-electron chi connectivity index (χ1n) is 7.48. The molecule has 0 bridgehead atoms. The van der Waals surface area contributed by atoms with E-state index in [1.54, 1.807) is 21.9 Å². The van der Waals surface area contributed by atoms with E-state index in [0.29, 0.717) is 6.54 Å². The molecule has 0 aromatic carbocycles. The van der Waals surface area contributed by atoms with Crippen LogP contribution in [0.2, 0.25) is 0 Å². The van der Waals surface area contributed by atoms with E-state index in [0.717, 1.165) is 25.7 Å². The van der Waals surface area contributed by atoms with Crippen LogP contribution < -0.4 is 10.5 Å². The highest BCUT2D eigenvalue weighted by Crippen LogP contribution is 2.37. The third-order valence-corrected chi connectivity index (χ3v) is 4.57. The number of hydrogen-bond acceptors (Lipinski definition) is 4. The van der Waals surface area contributed by atoms with Crippen molar-refractivity contribution < 1.29 is 9.90 Å². The van der Waals surface area contributed by atoms with Crippen LogP contribution in [0.1, 0.15) is 45.6 Å². The van der Waals surface area contributed by atoms with Crippen LogP contribution in [0.5, 0.6) is 0 Å². The summed E-state index contributed by atoms with van der Waals surface area (Å²) in [4.78, 5) is 30.2. The summed E-state index contributed by atoms with van der Waals surface area (Å²) >= 11 is 0. The van der Waals surface area contributed by atoms with Gasteiger partial charge in [-0.1, -0.05) is 13.8 Å². The van der Waals surface area contributed by atoms with E-state index < -0.39 is 12.0 Å². The van der Waals surface area contributed by atoms with E-state index in [9.17, 15) is 14.7 Å². The zero-order valence-corrected chi connectivity index (χ0v) is 12.5. The first-order chi connectivity index (χ1) is 9.92. The van der Waals surface area contributed by atoms with Crippen LogP contribution in [0.15, 0.2) is 17.2 Å². The van der Waals surface area contributed by atoms with Crippen molar-refractivity contribution in [1.82, 2.24) is 9.55 Å². The van der Waals surface area contributed by atoms with E-state index in [4.69, 9.17) is 0 Å². The Balaban J connectivity index is 2.04. The fraction of sp³-hybridized carbons (Fsp3) is 0.667. The molecule has 1 saturated heterocycles. The van der Waals surface area contributed by atoms with Gasteiger partial charge in [0.25, 0.3) is 5.56 Å². The molecule has 0 amide bonds. The maximum absolute atomic E-state index is 12.6. The van der Waals surface area contributed by atoms with Crippen molar-refractivity contribution in [3.8, 4) is 0 Å². The van der Waals surface area contributed by atoms with E-state index in [-0.39, 0.29) is 22.8 Å². The van der Waals surface area contributed by atoms with Crippen LogP contribution in [0.3, 0.4) is 0 Å². The van der Waals surface area contributed by atoms with Crippen molar-refractivity contribution >= 4 is 11.8 Å². The molecule has 1 saturated carbocycles. The SMILES string of the molecule is CC1(C)CCCN(c2nccn(C3CC3)c2=O)C1C(=O)O. The zero-order chi connectivity index (χ0) is 15.2. The molecular weight excluding hydrogens is 270 g/mol. The second-order valence-electron chi connectivity index (χ2n) is 6.72. The first kappa shape index (κ1) is 14.1. The molecule has 1 aromatic rings. The minimum Gasteiger partial charge on any atom is -0.480 e. The highest BCUT2D eigenvalue weighted by atomic mass is 16.4. The molecule has 1 N–H and O–H groups in total. The highest BCUT2D eigenvalue weighted by molar-refractivity contribution is 5.79. The molecule has 1 aromatic heterocycles. The third kappa shape index (κ3) is 2.43. The summed E-state index contributed by atoms with van der Waals surface area (Å²) in [5.41, 5.74) is -0.540. The molecule has 114 valence electrons. The van der Waals surface area contributed by atoms with Crippen molar-refractivity contribution in [1.29, 1.82) is 0 Å². The van der Waals surface area contributed by atoms with Gasteiger partial charge in [0.15, 0.2) is 5.82 Å². The van der Waals surface area contributed by atoms with Gasteiger partial charge in [0.1, 0.15) is 6.04 Å². The van der Waals surface area contributed by atoms with Gasteiger partial charge in [0, 0.05) is 25.0 Å². The molecule has 2 aliphatic rings. The Morgan fingerprint density at radius 2 is 2.14 bits per heavy atom. The summed E-state index contributed by atoms with van der Waals surface area (Å²) in [5, 5.41) is 9.61. The Morgan fingerprint density at radius 1 is 1.43 bits per heavy atom. The summed E-state index contributed by atoms with van der Waals surface area (Å²) in [6.45, 7) is 4.46. The van der Waals surface area contributed by atoms with Crippen LogP contribution in [0, 0.1) is 5.41 Å². The summed E-state index contributed by atoms with van der Waals surface area (Å²) in [7, 11) is 0. The average Bonchev–Trinajstić information content (AvgIpc) is 3.21. The average molecular weight is 291 g/mol. The van der Waals surface area contributed by atoms with Crippen LogP contribution >= 0.6 is 0 Å². The number of carbonyl (C=O) groups is 1. The topological polar surface area (TPSA) is 75.4 Å². The normalized spacial score (nSPS) is 24.9. The highest BCUT2D eigenvalue weighted by Gasteiger charge is 2.44. The van der Waals surface area contributed by atoms with Gasteiger partial charge in [-0.25, -0.2) is 9.78 Å². The van der Waals surface area contributed by atoms with Crippen molar-refractivity contribution in [2.75, 3.05) is 11.4 Å². The Morgan fingerprint density at radius 3 is 2.76 bits per heavy atom. The fourth-order valence-electron chi connectivity index (χ4n) is 3.34. The van der Waals surface area contributed by atoms with Crippen LogP contribution in [-0.2, 0) is 4.79 Å². The zero-order valence-electron chi connectivity index (χ0n) is 12.5.